The summed E-state index contributed by atoms with van der Waals surface area (Å²) >= 11 is 21.8. The summed E-state index contributed by atoms with van der Waals surface area (Å²) in [6.45, 7) is 0. The van der Waals surface area contributed by atoms with Crippen LogP contribution < -0.4 is 36.4 Å². The smallest absolute Gasteiger partial charge is 0.210 e. The molecule has 0 aliphatic rings. The number of nitrogens with one attached hydrogen (secondary N) is 4. The van der Waals surface area contributed by atoms with E-state index in [1.807, 2.05) is 0 Å². The van der Waals surface area contributed by atoms with Crippen LogP contribution in [0.4, 0.5) is 0 Å². The molecular formula is C28H10Al8N8. The summed E-state index contributed by atoms with van der Waals surface area (Å²) in [5.41, 5.74) is 3.97. The van der Waals surface area contributed by atoms with Crippen molar-refractivity contribution in [3.63, 3.8) is 0 Å². The molecule has 4 aromatic heterocycles. The zero-order valence-corrected chi connectivity index (χ0v) is 32.1. The maximum atomic E-state index is 4.88. The number of rotatable bonds is 4. The second-order valence-corrected chi connectivity index (χ2v) is 15.0. The van der Waals surface area contributed by atoms with Gasteiger partial charge < -0.3 is 19.9 Å². The van der Waals surface area contributed by atoms with Crippen molar-refractivity contribution in [3.8, 4) is 45.6 Å². The van der Waals surface area contributed by atoms with Crippen LogP contribution in [0.5, 0.6) is 0 Å². The molecule has 0 fully saturated rings. The molecule has 0 unspecified atom stereocenters. The van der Waals surface area contributed by atoms with E-state index >= 15 is 0 Å². The first-order chi connectivity index (χ1) is 21.1. The summed E-state index contributed by atoms with van der Waals surface area (Å²) in [5.74, 6) is 3.17. The quantitative estimate of drug-likeness (QED) is 0.115. The number of aromatic nitrogens is 8. The molecule has 8 rings (SSSR count). The second-order valence-electron chi connectivity index (χ2n) is 10.6. The Morgan fingerprint density at radius 3 is 0.773 bits per heavy atom. The number of hydrogen-bond donors (Lipinski definition) is 4. The summed E-state index contributed by atoms with van der Waals surface area (Å²) < 4.78 is 7.15. The Hall–Kier alpha value is -0.980. The maximum absolute atomic E-state index is 4.88. The first kappa shape index (κ1) is 30.4. The summed E-state index contributed by atoms with van der Waals surface area (Å²) in [4.78, 5) is 33.4. The second kappa shape index (κ2) is 11.3. The minimum atomic E-state index is 0.793. The molecule has 4 N–H and O–H groups in total. The van der Waals surface area contributed by atoms with E-state index in [0.717, 1.165) is 114 Å². The van der Waals surface area contributed by atoms with Crippen molar-refractivity contribution in [2.24, 2.45) is 0 Å². The fourth-order valence-electron chi connectivity index (χ4n) is 5.89. The Balaban J connectivity index is 1.58. The van der Waals surface area contributed by atoms with Crippen LogP contribution in [0.25, 0.3) is 77.9 Å². The Labute approximate surface area is 317 Å². The van der Waals surface area contributed by atoms with Crippen molar-refractivity contribution in [1.82, 2.24) is 39.9 Å². The monoisotopic (exact) mass is 674 g/mol. The van der Waals surface area contributed by atoms with Gasteiger partial charge >= 0.3 is 0 Å². The lowest BCUT2D eigenvalue weighted by Crippen LogP contribution is -2.24. The number of benzene rings is 4. The Bertz CT molecular complexity index is 2050. The number of hydrogen-bond acceptors (Lipinski definition) is 4. The number of aromatic amines is 4. The van der Waals surface area contributed by atoms with E-state index < -0.39 is 0 Å². The molecule has 4 heterocycles. The van der Waals surface area contributed by atoms with Gasteiger partial charge in [-0.3, -0.25) is 19.9 Å². The number of H-pyrrole nitrogens is 4. The third-order valence-electron chi connectivity index (χ3n) is 7.96. The lowest BCUT2D eigenvalue weighted by atomic mass is 9.85. The van der Waals surface area contributed by atoms with Gasteiger partial charge in [-0.2, -0.15) is 0 Å². The molecule has 16 radical (unpaired) electrons. The lowest BCUT2D eigenvalue weighted by Gasteiger charge is -2.19. The highest BCUT2D eigenvalue weighted by molar-refractivity contribution is 6.48. The zero-order valence-electron chi connectivity index (χ0n) is 22.9. The minimum Gasteiger partial charge on any atom is -0.362 e. The molecule has 8 nitrogen and oxygen atoms in total. The molecular weight excluding hydrogens is 664 g/mol. The van der Waals surface area contributed by atoms with Crippen LogP contribution in [0, 0.1) is 0 Å². The van der Waals surface area contributed by atoms with Crippen LogP contribution in [0.1, 0.15) is 0 Å². The van der Waals surface area contributed by atoms with Crippen molar-refractivity contribution in [3.05, 3.63) is 36.4 Å². The summed E-state index contributed by atoms with van der Waals surface area (Å²) in [6.07, 6.45) is 0. The van der Waals surface area contributed by atoms with Crippen molar-refractivity contribution in [1.29, 1.82) is 0 Å². The first-order valence-electron chi connectivity index (χ1n) is 13.3. The van der Waals surface area contributed by atoms with Gasteiger partial charge in [0.15, 0.2) is 0 Å². The summed E-state index contributed by atoms with van der Waals surface area (Å²) in [6, 6.07) is 13.2. The first-order valence-corrected chi connectivity index (χ1v) is 17.9. The molecule has 4 aromatic carbocycles. The zero-order chi connectivity index (χ0) is 30.6. The van der Waals surface area contributed by atoms with Crippen LogP contribution in [-0.2, 0) is 0 Å². The van der Waals surface area contributed by atoms with Crippen LogP contribution >= 0.6 is 0 Å². The van der Waals surface area contributed by atoms with E-state index in [1.165, 1.54) is 0 Å². The van der Waals surface area contributed by atoms with E-state index in [1.54, 1.807) is 0 Å². The van der Waals surface area contributed by atoms with Gasteiger partial charge in [0.25, 0.3) is 0 Å². The van der Waals surface area contributed by atoms with Gasteiger partial charge in [-0.05, 0) is 44.5 Å². The van der Waals surface area contributed by atoms with Crippen LogP contribution in [0.2, 0.25) is 0 Å². The van der Waals surface area contributed by atoms with E-state index in [2.05, 4.69) is 187 Å². The number of nitrogens with zero attached hydrogens (tertiary/aromatic N) is 4. The molecule has 0 aliphatic carbocycles. The van der Waals surface area contributed by atoms with Crippen LogP contribution in [0.3, 0.4) is 0 Å². The average Bonchev–Trinajstić information content (AvgIpc) is 3.73. The molecule has 8 aromatic rings. The molecule has 0 aliphatic heterocycles. The molecule has 16 heteroatoms. The molecule has 0 bridgehead atoms. The average molecular weight is 674 g/mol. The molecule has 0 atom stereocenters. The third-order valence-corrected chi connectivity index (χ3v) is 12.8. The van der Waals surface area contributed by atoms with E-state index in [9.17, 15) is 0 Å². The Kier molecular flexibility index (Phi) is 7.81. The Morgan fingerprint density at radius 1 is 0.364 bits per heavy atom. The fourth-order valence-corrected chi connectivity index (χ4v) is 7.50. The lowest BCUT2D eigenvalue weighted by molar-refractivity contribution is 1.32. The Morgan fingerprint density at radius 2 is 0.591 bits per heavy atom. The highest BCUT2D eigenvalue weighted by atomic mass is 27.1. The topological polar surface area (TPSA) is 115 Å². The van der Waals surface area contributed by atoms with Gasteiger partial charge in [0.2, 0.25) is 130 Å². The van der Waals surface area contributed by atoms with E-state index in [0.29, 0.717) is 0 Å². The predicted molar refractivity (Wildman–Crippen MR) is 184 cm³/mol. The predicted octanol–water partition coefficient (Wildman–Crippen LogP) is -3.51. The molecule has 186 valence electrons. The molecule has 0 saturated heterocycles. The summed E-state index contributed by atoms with van der Waals surface area (Å²) in [5, 5.41) is 6.62. The van der Waals surface area contributed by atoms with Crippen molar-refractivity contribution < 1.29 is 0 Å². The van der Waals surface area contributed by atoms with Crippen LogP contribution in [-0.4, -0.2) is 170 Å². The normalized spacial score (nSPS) is 11.9. The molecule has 0 saturated carbocycles. The number of imidazole rings is 4. The highest BCUT2D eigenvalue weighted by Crippen LogP contribution is 2.46. The van der Waals surface area contributed by atoms with Gasteiger partial charge in [0.1, 0.15) is 23.3 Å². The molecule has 44 heavy (non-hydrogen) atoms. The van der Waals surface area contributed by atoms with Gasteiger partial charge in [0, 0.05) is 22.3 Å². The minimum absolute atomic E-state index is 0.793. The van der Waals surface area contributed by atoms with Gasteiger partial charge in [-0.15, -0.1) is 0 Å². The van der Waals surface area contributed by atoms with Gasteiger partial charge in [-0.1, -0.05) is 60.7 Å². The fraction of sp³-hybridized carbons (Fsp3) is 0. The SMILES string of the molecule is [Al][c]1nc(-c2cc(-c3n[c]([Al])[c]([Al])[nH]3)c3ccc4c(-c5n[c]([Al])[c]([Al])[nH]5)cc(-c5n[c]([Al])[c]([Al])[nH]5)c5ccc2c3c54)[nH][c]1[Al]. The third kappa shape index (κ3) is 4.80. The van der Waals surface area contributed by atoms with Crippen LogP contribution in [0.15, 0.2) is 36.4 Å². The summed E-state index contributed by atoms with van der Waals surface area (Å²) in [7, 11) is 0. The standard InChI is InChI=1S/C28H10N8.8Al/c1-2-16-20(26-31-7-8-32-26)14-22(28-35-11-12-36-28)18-4-3-17-21(27-33-9-10-34-27)13-19(25-29-5-6-30-25)15(1)23(17)24(16)18;;;;;;;;/h1-4,13-14H,(H,29,30)(H,31,32)(H,33,34)(H,35,36);;;;;;;;. The molecule has 0 amide bonds. The van der Waals surface area contributed by atoms with Crippen molar-refractivity contribution in [2.45, 2.75) is 0 Å². The van der Waals surface area contributed by atoms with Crippen molar-refractivity contribution in [2.75, 3.05) is 0 Å². The molecule has 0 spiro atoms. The van der Waals surface area contributed by atoms with E-state index in [4.69, 9.17) is 19.9 Å². The van der Waals surface area contributed by atoms with Crippen molar-refractivity contribution >= 4 is 199 Å². The van der Waals surface area contributed by atoms with Gasteiger partial charge in [0.05, 0.1) is 0 Å². The highest BCUT2D eigenvalue weighted by Gasteiger charge is 2.24. The largest absolute Gasteiger partial charge is 0.362 e. The van der Waals surface area contributed by atoms with Gasteiger partial charge in [-0.25, -0.2) is 0 Å². The van der Waals surface area contributed by atoms with E-state index in [-0.39, 0.29) is 0 Å². The maximum Gasteiger partial charge on any atom is 0.210 e.